The van der Waals surface area contributed by atoms with Gasteiger partial charge in [0.1, 0.15) is 11.6 Å². The number of anilines is 2. The van der Waals surface area contributed by atoms with Gasteiger partial charge in [-0.1, -0.05) is 6.07 Å². The molecule has 0 aliphatic carbocycles. The first-order valence-corrected chi connectivity index (χ1v) is 6.70. The van der Waals surface area contributed by atoms with Crippen LogP contribution in [-0.4, -0.2) is 52.2 Å². The van der Waals surface area contributed by atoms with Crippen molar-refractivity contribution in [2.75, 3.05) is 36.0 Å². The average molecular weight is 285 g/mol. The maximum Gasteiger partial charge on any atom is 0.356 e. The number of aromatic nitrogens is 3. The van der Waals surface area contributed by atoms with E-state index in [9.17, 15) is 4.79 Å². The Morgan fingerprint density at radius 1 is 0.952 bits per heavy atom. The number of carboxylic acids is 1. The molecule has 7 nitrogen and oxygen atoms in total. The Morgan fingerprint density at radius 2 is 1.67 bits per heavy atom. The third-order valence-electron chi connectivity index (χ3n) is 3.43. The number of hydrogen-bond acceptors (Lipinski definition) is 6. The molecule has 0 amide bonds. The smallest absolute Gasteiger partial charge is 0.356 e. The molecule has 1 aliphatic heterocycles. The van der Waals surface area contributed by atoms with E-state index in [4.69, 9.17) is 5.11 Å². The summed E-state index contributed by atoms with van der Waals surface area (Å²) in [7, 11) is 0. The topological polar surface area (TPSA) is 82.5 Å². The minimum atomic E-state index is -1.06. The molecule has 3 rings (SSSR count). The van der Waals surface area contributed by atoms with Crippen LogP contribution in [0.4, 0.5) is 11.6 Å². The first-order valence-electron chi connectivity index (χ1n) is 6.70. The van der Waals surface area contributed by atoms with Gasteiger partial charge in [-0.05, 0) is 12.1 Å². The average Bonchev–Trinajstić information content (AvgIpc) is 2.56. The van der Waals surface area contributed by atoms with E-state index in [0.717, 1.165) is 32.0 Å². The fourth-order valence-corrected chi connectivity index (χ4v) is 2.30. The van der Waals surface area contributed by atoms with Gasteiger partial charge in [0.05, 0.1) is 12.4 Å². The first kappa shape index (κ1) is 13.3. The largest absolute Gasteiger partial charge is 0.476 e. The predicted molar refractivity (Wildman–Crippen MR) is 77.7 cm³/mol. The summed E-state index contributed by atoms with van der Waals surface area (Å²) in [6.07, 6.45) is 4.60. The second-order valence-corrected chi connectivity index (χ2v) is 4.73. The molecule has 1 N–H and O–H groups in total. The Morgan fingerprint density at radius 3 is 2.19 bits per heavy atom. The van der Waals surface area contributed by atoms with Crippen molar-refractivity contribution in [2.45, 2.75) is 0 Å². The molecular formula is C14H15N5O2. The highest BCUT2D eigenvalue weighted by atomic mass is 16.4. The highest BCUT2D eigenvalue weighted by Gasteiger charge is 2.19. The lowest BCUT2D eigenvalue weighted by molar-refractivity contribution is 0.0690. The lowest BCUT2D eigenvalue weighted by atomic mass is 10.3. The van der Waals surface area contributed by atoms with Gasteiger partial charge >= 0.3 is 5.97 Å². The number of carbonyl (C=O) groups is 1. The van der Waals surface area contributed by atoms with E-state index in [0.29, 0.717) is 5.82 Å². The van der Waals surface area contributed by atoms with Crippen LogP contribution in [0.25, 0.3) is 0 Å². The zero-order chi connectivity index (χ0) is 14.7. The molecule has 0 radical (unpaired) electrons. The SMILES string of the molecule is O=C(O)c1cnc(N2CCN(c3ccccn3)CC2)cn1. The Hall–Kier alpha value is -2.70. The van der Waals surface area contributed by atoms with Gasteiger partial charge in [-0.25, -0.2) is 19.7 Å². The molecule has 2 aromatic rings. The number of rotatable bonds is 3. The number of aromatic carboxylic acids is 1. The summed E-state index contributed by atoms with van der Waals surface area (Å²) in [5, 5.41) is 8.82. The lowest BCUT2D eigenvalue weighted by Gasteiger charge is -2.35. The maximum atomic E-state index is 10.8. The van der Waals surface area contributed by atoms with Crippen LogP contribution in [0.5, 0.6) is 0 Å². The zero-order valence-electron chi connectivity index (χ0n) is 11.4. The summed E-state index contributed by atoms with van der Waals surface area (Å²) in [6.45, 7) is 3.30. The zero-order valence-corrected chi connectivity index (χ0v) is 11.4. The summed E-state index contributed by atoms with van der Waals surface area (Å²) in [5.41, 5.74) is -0.0362. The van der Waals surface area contributed by atoms with Crippen molar-refractivity contribution < 1.29 is 9.90 Å². The number of hydrogen-bond donors (Lipinski definition) is 1. The minimum absolute atomic E-state index is 0.0362. The predicted octanol–water partition coefficient (Wildman–Crippen LogP) is 0.896. The molecule has 2 aromatic heterocycles. The van der Waals surface area contributed by atoms with Gasteiger partial charge in [-0.3, -0.25) is 0 Å². The molecule has 1 aliphatic rings. The van der Waals surface area contributed by atoms with E-state index < -0.39 is 5.97 Å². The quantitative estimate of drug-likeness (QED) is 0.897. The van der Waals surface area contributed by atoms with E-state index in [2.05, 4.69) is 24.8 Å². The van der Waals surface area contributed by atoms with Gasteiger partial charge in [0.25, 0.3) is 0 Å². The second kappa shape index (κ2) is 5.74. The van der Waals surface area contributed by atoms with E-state index >= 15 is 0 Å². The Kier molecular flexibility index (Phi) is 3.63. The number of pyridine rings is 1. The number of piperazine rings is 1. The van der Waals surface area contributed by atoms with Crippen molar-refractivity contribution >= 4 is 17.6 Å². The van der Waals surface area contributed by atoms with Crippen molar-refractivity contribution in [3.05, 3.63) is 42.5 Å². The molecule has 21 heavy (non-hydrogen) atoms. The van der Waals surface area contributed by atoms with Gasteiger partial charge in [0, 0.05) is 32.4 Å². The summed E-state index contributed by atoms with van der Waals surface area (Å²) in [6, 6.07) is 5.88. The monoisotopic (exact) mass is 285 g/mol. The van der Waals surface area contributed by atoms with Gasteiger partial charge < -0.3 is 14.9 Å². The fraction of sp³-hybridized carbons (Fsp3) is 0.286. The standard InChI is InChI=1S/C14H15N5O2/c20-14(21)11-9-17-13(10-16-11)19-7-5-18(6-8-19)12-3-1-2-4-15-12/h1-4,9-10H,5-8H2,(H,20,21). The lowest BCUT2D eigenvalue weighted by Crippen LogP contribution is -2.47. The molecule has 108 valence electrons. The minimum Gasteiger partial charge on any atom is -0.476 e. The van der Waals surface area contributed by atoms with Crippen LogP contribution < -0.4 is 9.80 Å². The van der Waals surface area contributed by atoms with Gasteiger partial charge in [0.2, 0.25) is 0 Å². The third-order valence-corrected chi connectivity index (χ3v) is 3.43. The van der Waals surface area contributed by atoms with Crippen LogP contribution >= 0.6 is 0 Å². The molecule has 1 fully saturated rings. The van der Waals surface area contributed by atoms with Gasteiger partial charge in [0.15, 0.2) is 5.69 Å². The van der Waals surface area contributed by atoms with Gasteiger partial charge in [-0.15, -0.1) is 0 Å². The van der Waals surface area contributed by atoms with Crippen molar-refractivity contribution in [3.63, 3.8) is 0 Å². The van der Waals surface area contributed by atoms with E-state index in [-0.39, 0.29) is 5.69 Å². The fourth-order valence-electron chi connectivity index (χ4n) is 2.30. The Labute approximate surface area is 121 Å². The normalized spacial score (nSPS) is 15.0. The summed E-state index contributed by atoms with van der Waals surface area (Å²) in [5.74, 6) is 0.624. The molecule has 0 atom stereocenters. The molecule has 7 heteroatoms. The molecule has 1 saturated heterocycles. The molecule has 0 aromatic carbocycles. The van der Waals surface area contributed by atoms with Crippen LogP contribution in [0.1, 0.15) is 10.5 Å². The van der Waals surface area contributed by atoms with Crippen LogP contribution in [0, 0.1) is 0 Å². The Balaban J connectivity index is 1.64. The Bertz CT molecular complexity index is 609. The maximum absolute atomic E-state index is 10.8. The van der Waals surface area contributed by atoms with E-state index in [1.807, 2.05) is 18.2 Å². The molecule has 3 heterocycles. The van der Waals surface area contributed by atoms with Crippen molar-refractivity contribution in [3.8, 4) is 0 Å². The highest BCUT2D eigenvalue weighted by molar-refractivity contribution is 5.84. The van der Waals surface area contributed by atoms with E-state index in [1.165, 1.54) is 12.4 Å². The van der Waals surface area contributed by atoms with Crippen LogP contribution in [0.3, 0.4) is 0 Å². The van der Waals surface area contributed by atoms with Crippen LogP contribution in [0.2, 0.25) is 0 Å². The van der Waals surface area contributed by atoms with Crippen molar-refractivity contribution in [1.29, 1.82) is 0 Å². The molecule has 0 unspecified atom stereocenters. The van der Waals surface area contributed by atoms with Crippen molar-refractivity contribution in [1.82, 2.24) is 15.0 Å². The van der Waals surface area contributed by atoms with Crippen LogP contribution in [-0.2, 0) is 0 Å². The molecular weight excluding hydrogens is 270 g/mol. The molecule has 0 saturated carbocycles. The first-order chi connectivity index (χ1) is 10.2. The van der Waals surface area contributed by atoms with Crippen molar-refractivity contribution in [2.24, 2.45) is 0 Å². The summed E-state index contributed by atoms with van der Waals surface area (Å²) < 4.78 is 0. The molecule has 0 spiro atoms. The number of nitrogens with zero attached hydrogens (tertiary/aromatic N) is 5. The second-order valence-electron chi connectivity index (χ2n) is 4.73. The highest BCUT2D eigenvalue weighted by Crippen LogP contribution is 2.16. The number of carboxylic acid groups (broad SMARTS) is 1. The van der Waals surface area contributed by atoms with Crippen LogP contribution in [0.15, 0.2) is 36.8 Å². The van der Waals surface area contributed by atoms with E-state index in [1.54, 1.807) is 6.20 Å². The van der Waals surface area contributed by atoms with Gasteiger partial charge in [-0.2, -0.15) is 0 Å². The summed E-state index contributed by atoms with van der Waals surface area (Å²) >= 11 is 0. The molecule has 0 bridgehead atoms. The summed E-state index contributed by atoms with van der Waals surface area (Å²) in [4.78, 5) is 27.5. The third kappa shape index (κ3) is 2.91.